The van der Waals surface area contributed by atoms with Crippen LogP contribution in [0.3, 0.4) is 0 Å². The minimum atomic E-state index is -0.248. The third-order valence-corrected chi connectivity index (χ3v) is 4.55. The molecule has 0 radical (unpaired) electrons. The predicted octanol–water partition coefficient (Wildman–Crippen LogP) is 2.38. The highest BCUT2D eigenvalue weighted by atomic mass is 16.5. The van der Waals surface area contributed by atoms with Gasteiger partial charge in [-0.15, -0.1) is 0 Å². The van der Waals surface area contributed by atoms with Gasteiger partial charge in [0.15, 0.2) is 0 Å². The van der Waals surface area contributed by atoms with Crippen molar-refractivity contribution < 1.29 is 9.53 Å². The van der Waals surface area contributed by atoms with Crippen molar-refractivity contribution in [3.63, 3.8) is 0 Å². The van der Waals surface area contributed by atoms with E-state index in [1.165, 1.54) is 0 Å². The van der Waals surface area contributed by atoms with Gasteiger partial charge in [0, 0.05) is 38.1 Å². The van der Waals surface area contributed by atoms with Crippen LogP contribution in [0.2, 0.25) is 0 Å². The molecular formula is C17H32N2O2. The van der Waals surface area contributed by atoms with Crippen molar-refractivity contribution >= 4 is 5.91 Å². The lowest BCUT2D eigenvalue weighted by Gasteiger charge is -2.40. The Balaban J connectivity index is 1.78. The largest absolute Gasteiger partial charge is 0.373 e. The van der Waals surface area contributed by atoms with Gasteiger partial charge in [0.05, 0.1) is 12.2 Å². The van der Waals surface area contributed by atoms with Crippen LogP contribution in [-0.2, 0) is 9.53 Å². The average molecular weight is 296 g/mol. The number of rotatable bonds is 2. The fourth-order valence-electron chi connectivity index (χ4n) is 3.59. The van der Waals surface area contributed by atoms with Crippen LogP contribution in [0.5, 0.6) is 0 Å². The molecule has 0 aromatic rings. The molecule has 2 heterocycles. The zero-order valence-electron chi connectivity index (χ0n) is 14.4. The molecular weight excluding hydrogens is 264 g/mol. The second-order valence-electron chi connectivity index (χ2n) is 7.96. The van der Waals surface area contributed by atoms with Gasteiger partial charge >= 0.3 is 0 Å². The molecule has 1 amide bonds. The first-order chi connectivity index (χ1) is 9.75. The maximum atomic E-state index is 12.3. The molecule has 0 spiro atoms. The van der Waals surface area contributed by atoms with Gasteiger partial charge in [-0.1, -0.05) is 20.8 Å². The van der Waals surface area contributed by atoms with Crippen molar-refractivity contribution in [3.8, 4) is 0 Å². The summed E-state index contributed by atoms with van der Waals surface area (Å²) in [6.07, 6.45) is 2.97. The summed E-state index contributed by atoms with van der Waals surface area (Å²) in [5.41, 5.74) is -0.248. The van der Waals surface area contributed by atoms with E-state index in [2.05, 4.69) is 23.6 Å². The number of carbonyl (C=O) groups is 1. The fraction of sp³-hybridized carbons (Fsp3) is 0.941. The summed E-state index contributed by atoms with van der Waals surface area (Å²) in [5, 5.41) is 0. The number of ether oxygens (including phenoxy) is 1. The van der Waals surface area contributed by atoms with Gasteiger partial charge in [-0.25, -0.2) is 0 Å². The number of morpholine rings is 1. The fourth-order valence-corrected chi connectivity index (χ4v) is 3.59. The van der Waals surface area contributed by atoms with Crippen LogP contribution < -0.4 is 0 Å². The van der Waals surface area contributed by atoms with Crippen molar-refractivity contribution in [1.82, 2.24) is 9.80 Å². The van der Waals surface area contributed by atoms with Gasteiger partial charge in [0.25, 0.3) is 0 Å². The lowest BCUT2D eigenvalue weighted by molar-refractivity contribution is -0.141. The molecule has 2 atom stereocenters. The normalized spacial score (nSPS) is 29.7. The Bertz CT molecular complexity index is 346. The molecule has 0 N–H and O–H groups in total. The second kappa shape index (κ2) is 6.66. The van der Waals surface area contributed by atoms with E-state index in [-0.39, 0.29) is 5.41 Å². The van der Waals surface area contributed by atoms with Crippen molar-refractivity contribution in [1.29, 1.82) is 0 Å². The van der Waals surface area contributed by atoms with E-state index in [0.29, 0.717) is 18.1 Å². The summed E-state index contributed by atoms with van der Waals surface area (Å²) < 4.78 is 5.80. The van der Waals surface area contributed by atoms with Crippen LogP contribution in [0, 0.1) is 11.3 Å². The van der Waals surface area contributed by atoms with Crippen molar-refractivity contribution in [3.05, 3.63) is 0 Å². The van der Waals surface area contributed by atoms with Gasteiger partial charge in [-0.2, -0.15) is 0 Å². The topological polar surface area (TPSA) is 32.8 Å². The molecule has 21 heavy (non-hydrogen) atoms. The van der Waals surface area contributed by atoms with E-state index in [4.69, 9.17) is 4.74 Å². The van der Waals surface area contributed by atoms with Gasteiger partial charge in [0.1, 0.15) is 0 Å². The van der Waals surface area contributed by atoms with Crippen LogP contribution in [0.4, 0.5) is 0 Å². The molecule has 2 rings (SSSR count). The van der Waals surface area contributed by atoms with E-state index in [0.717, 1.165) is 51.5 Å². The Morgan fingerprint density at radius 3 is 2.10 bits per heavy atom. The molecule has 2 saturated heterocycles. The highest BCUT2D eigenvalue weighted by molar-refractivity contribution is 5.81. The minimum Gasteiger partial charge on any atom is -0.373 e. The SMILES string of the molecule is C[C@H]1CN(CC2CCN(C(=O)C(C)(C)C)CC2)C[C@H](C)O1. The summed E-state index contributed by atoms with van der Waals surface area (Å²) in [4.78, 5) is 16.9. The molecule has 2 aliphatic rings. The van der Waals surface area contributed by atoms with Gasteiger partial charge < -0.3 is 9.64 Å². The first kappa shape index (κ1) is 16.8. The quantitative estimate of drug-likeness (QED) is 0.784. The molecule has 4 heteroatoms. The Morgan fingerprint density at radius 2 is 1.62 bits per heavy atom. The van der Waals surface area contributed by atoms with Gasteiger partial charge in [-0.05, 0) is 32.6 Å². The Labute approximate surface area is 129 Å². The van der Waals surface area contributed by atoms with Crippen LogP contribution >= 0.6 is 0 Å². The summed E-state index contributed by atoms with van der Waals surface area (Å²) in [5.74, 6) is 1.03. The van der Waals surface area contributed by atoms with E-state index in [1.807, 2.05) is 20.8 Å². The third kappa shape index (κ3) is 4.68. The Kier molecular flexibility index (Phi) is 5.31. The summed E-state index contributed by atoms with van der Waals surface area (Å²) in [6, 6.07) is 0. The smallest absolute Gasteiger partial charge is 0.227 e. The molecule has 122 valence electrons. The molecule has 0 bridgehead atoms. The van der Waals surface area contributed by atoms with Crippen molar-refractivity contribution in [2.75, 3.05) is 32.7 Å². The molecule has 0 unspecified atom stereocenters. The summed E-state index contributed by atoms with van der Waals surface area (Å²) in [6.45, 7) is 15.5. The summed E-state index contributed by atoms with van der Waals surface area (Å²) >= 11 is 0. The Hall–Kier alpha value is -0.610. The standard InChI is InChI=1S/C17H32N2O2/c1-13-10-18(11-14(2)21-13)12-15-6-8-19(9-7-15)16(20)17(3,4)5/h13-15H,6-12H2,1-5H3/t13-,14-/m0/s1. The van der Waals surface area contributed by atoms with Crippen LogP contribution in [0.25, 0.3) is 0 Å². The lowest BCUT2D eigenvalue weighted by atomic mass is 9.90. The molecule has 0 aromatic heterocycles. The zero-order chi connectivity index (χ0) is 15.6. The van der Waals surface area contributed by atoms with E-state index >= 15 is 0 Å². The number of likely N-dealkylation sites (tertiary alicyclic amines) is 1. The van der Waals surface area contributed by atoms with Crippen LogP contribution in [-0.4, -0.2) is 60.6 Å². The predicted molar refractivity (Wildman–Crippen MR) is 85.2 cm³/mol. The molecule has 0 saturated carbocycles. The summed E-state index contributed by atoms with van der Waals surface area (Å²) in [7, 11) is 0. The molecule has 0 aromatic carbocycles. The molecule has 2 fully saturated rings. The number of nitrogens with zero attached hydrogens (tertiary/aromatic N) is 2. The number of piperidine rings is 1. The van der Waals surface area contributed by atoms with E-state index in [9.17, 15) is 4.79 Å². The highest BCUT2D eigenvalue weighted by Gasteiger charge is 2.31. The lowest BCUT2D eigenvalue weighted by Crippen LogP contribution is -2.49. The average Bonchev–Trinajstić information content (AvgIpc) is 2.36. The van der Waals surface area contributed by atoms with E-state index in [1.54, 1.807) is 0 Å². The van der Waals surface area contributed by atoms with E-state index < -0.39 is 0 Å². The number of amides is 1. The zero-order valence-corrected chi connectivity index (χ0v) is 14.4. The van der Waals surface area contributed by atoms with Crippen molar-refractivity contribution in [2.45, 2.75) is 59.7 Å². The second-order valence-corrected chi connectivity index (χ2v) is 7.96. The van der Waals surface area contributed by atoms with Crippen LogP contribution in [0.15, 0.2) is 0 Å². The highest BCUT2D eigenvalue weighted by Crippen LogP contribution is 2.25. The van der Waals surface area contributed by atoms with Gasteiger partial charge in [-0.3, -0.25) is 9.69 Å². The van der Waals surface area contributed by atoms with Crippen molar-refractivity contribution in [2.24, 2.45) is 11.3 Å². The van der Waals surface area contributed by atoms with Gasteiger partial charge in [0.2, 0.25) is 5.91 Å². The molecule has 2 aliphatic heterocycles. The maximum absolute atomic E-state index is 12.3. The minimum absolute atomic E-state index is 0.248. The maximum Gasteiger partial charge on any atom is 0.227 e. The monoisotopic (exact) mass is 296 g/mol. The third-order valence-electron chi connectivity index (χ3n) is 4.55. The molecule has 4 nitrogen and oxygen atoms in total. The van der Waals surface area contributed by atoms with Crippen LogP contribution in [0.1, 0.15) is 47.5 Å². The number of hydrogen-bond acceptors (Lipinski definition) is 3. The number of carbonyl (C=O) groups excluding carboxylic acids is 1. The number of hydrogen-bond donors (Lipinski definition) is 0. The first-order valence-corrected chi connectivity index (χ1v) is 8.43. The Morgan fingerprint density at radius 1 is 1.10 bits per heavy atom. The first-order valence-electron chi connectivity index (χ1n) is 8.43. The molecule has 0 aliphatic carbocycles.